The van der Waals surface area contributed by atoms with E-state index in [1.54, 1.807) is 0 Å². The molecule has 2 atom stereocenters. The van der Waals surface area contributed by atoms with Crippen LogP contribution in [0.2, 0.25) is 0 Å². The molecule has 3 aliphatic rings. The molecule has 0 bridgehead atoms. The number of nitrogens with one attached hydrogen (secondary N) is 2. The number of aromatic amines is 1. The molecule has 2 aromatic rings. The van der Waals surface area contributed by atoms with Crippen LogP contribution in [0.15, 0.2) is 42.6 Å². The zero-order valence-electron chi connectivity index (χ0n) is 17.3. The molecule has 0 radical (unpaired) electrons. The van der Waals surface area contributed by atoms with Crippen LogP contribution >= 0.6 is 0 Å². The highest BCUT2D eigenvalue weighted by atomic mass is 16.6. The molecule has 4 heterocycles. The average molecular weight is 411 g/mol. The number of likely N-dealkylation sites (tertiary alicyclic amines) is 1. The topological polar surface area (TPSA) is 60.6 Å². The normalized spacial score (nSPS) is 23.5. The Balaban J connectivity index is 1.20. The largest absolute Gasteiger partial charge is 0.486 e. The summed E-state index contributed by atoms with van der Waals surface area (Å²) in [6.45, 7) is 6.12. The van der Waals surface area contributed by atoms with Crippen LogP contribution in [0.5, 0.6) is 11.5 Å². The number of anilines is 1. The van der Waals surface area contributed by atoms with E-state index in [4.69, 9.17) is 9.47 Å². The van der Waals surface area contributed by atoms with Crippen LogP contribution in [-0.2, 0) is 4.79 Å². The minimum atomic E-state index is 0.270. The van der Waals surface area contributed by atoms with Gasteiger partial charge >= 0.3 is 0 Å². The Kier molecular flexibility index (Phi) is 5.45. The molecule has 7 heteroatoms. The molecule has 1 unspecified atom stereocenters. The van der Waals surface area contributed by atoms with Crippen molar-refractivity contribution in [2.45, 2.75) is 18.9 Å². The van der Waals surface area contributed by atoms with E-state index in [0.29, 0.717) is 25.8 Å². The fourth-order valence-corrected chi connectivity index (χ4v) is 4.89. The standard InChI is InChI=1S/C23H28N4O3/c28-23(26-12-10-25(11-13-26)22-5-1-2-8-24-22)17-27-9-3-4-19(27)18-6-7-20-21(16-18)30-15-14-29-20/h1-2,5-8,16,19H,3-4,9-15,17H2/p+2/t19-/m1/s1. The monoisotopic (exact) mass is 410 g/mol. The number of hydrogen-bond donors (Lipinski definition) is 1. The third kappa shape index (κ3) is 3.94. The lowest BCUT2D eigenvalue weighted by Crippen LogP contribution is -3.11. The fourth-order valence-electron chi connectivity index (χ4n) is 4.89. The first-order valence-electron chi connectivity index (χ1n) is 11.0. The maximum absolute atomic E-state index is 13.0. The number of H-pyrrole nitrogens is 1. The second-order valence-electron chi connectivity index (χ2n) is 8.30. The van der Waals surface area contributed by atoms with E-state index in [0.717, 1.165) is 62.9 Å². The highest BCUT2D eigenvalue weighted by molar-refractivity contribution is 5.77. The van der Waals surface area contributed by atoms with Gasteiger partial charge in [0.1, 0.15) is 32.3 Å². The Morgan fingerprint density at radius 1 is 1.07 bits per heavy atom. The van der Waals surface area contributed by atoms with Gasteiger partial charge in [-0.2, -0.15) is 0 Å². The molecule has 1 aromatic heterocycles. The fraction of sp³-hybridized carbons (Fsp3) is 0.478. The molecule has 30 heavy (non-hydrogen) atoms. The van der Waals surface area contributed by atoms with E-state index in [1.807, 2.05) is 29.3 Å². The number of piperazine rings is 1. The van der Waals surface area contributed by atoms with Gasteiger partial charge in [-0.25, -0.2) is 4.98 Å². The van der Waals surface area contributed by atoms with Crippen molar-refractivity contribution in [3.63, 3.8) is 0 Å². The first-order valence-corrected chi connectivity index (χ1v) is 11.0. The van der Waals surface area contributed by atoms with Gasteiger partial charge in [0.15, 0.2) is 18.0 Å². The highest BCUT2D eigenvalue weighted by Crippen LogP contribution is 2.33. The van der Waals surface area contributed by atoms with Crippen molar-refractivity contribution in [2.75, 3.05) is 57.4 Å². The summed E-state index contributed by atoms with van der Waals surface area (Å²) in [5.74, 6) is 3.05. The average Bonchev–Trinajstić information content (AvgIpc) is 3.27. The van der Waals surface area contributed by atoms with E-state index in [2.05, 4.69) is 28.1 Å². The van der Waals surface area contributed by atoms with Crippen LogP contribution < -0.4 is 24.3 Å². The quantitative estimate of drug-likeness (QED) is 0.790. The van der Waals surface area contributed by atoms with Crippen molar-refractivity contribution >= 4 is 11.7 Å². The van der Waals surface area contributed by atoms with Gasteiger partial charge in [0.05, 0.1) is 25.8 Å². The van der Waals surface area contributed by atoms with Crippen LogP contribution in [0.25, 0.3) is 0 Å². The molecule has 7 nitrogen and oxygen atoms in total. The molecular formula is C23H30N4O3+2. The number of nitrogens with zero attached hydrogens (tertiary/aromatic N) is 2. The maximum Gasteiger partial charge on any atom is 0.278 e. The van der Waals surface area contributed by atoms with Crippen molar-refractivity contribution < 1.29 is 24.2 Å². The summed E-state index contributed by atoms with van der Waals surface area (Å²) in [7, 11) is 0. The van der Waals surface area contributed by atoms with Crippen molar-refractivity contribution in [3.8, 4) is 11.5 Å². The van der Waals surface area contributed by atoms with Gasteiger partial charge in [-0.15, -0.1) is 0 Å². The zero-order chi connectivity index (χ0) is 20.3. The summed E-state index contributed by atoms with van der Waals surface area (Å²) < 4.78 is 11.4. The second-order valence-corrected chi connectivity index (χ2v) is 8.30. The molecule has 3 aliphatic heterocycles. The molecular weight excluding hydrogens is 380 g/mol. The Bertz CT molecular complexity index is 883. The van der Waals surface area contributed by atoms with Gasteiger partial charge in [0.2, 0.25) is 0 Å². The molecule has 2 fully saturated rings. The summed E-state index contributed by atoms with van der Waals surface area (Å²) in [4.78, 5) is 22.0. The molecule has 0 spiro atoms. The Labute approximate surface area is 177 Å². The second kappa shape index (κ2) is 8.52. The lowest BCUT2D eigenvalue weighted by atomic mass is 10.0. The van der Waals surface area contributed by atoms with E-state index >= 15 is 0 Å². The van der Waals surface area contributed by atoms with E-state index < -0.39 is 0 Å². The number of aromatic nitrogens is 1. The lowest BCUT2D eigenvalue weighted by Gasteiger charge is -2.32. The van der Waals surface area contributed by atoms with Gasteiger partial charge < -0.3 is 19.3 Å². The van der Waals surface area contributed by atoms with Gasteiger partial charge in [-0.1, -0.05) is 6.07 Å². The number of benzene rings is 1. The number of amides is 1. The molecule has 0 saturated carbocycles. The van der Waals surface area contributed by atoms with Crippen LogP contribution in [0, 0.1) is 0 Å². The molecule has 5 rings (SSSR count). The maximum atomic E-state index is 13.0. The van der Waals surface area contributed by atoms with Crippen molar-refractivity contribution in [1.29, 1.82) is 0 Å². The third-order valence-corrected chi connectivity index (χ3v) is 6.50. The van der Waals surface area contributed by atoms with Crippen LogP contribution in [0.4, 0.5) is 5.82 Å². The van der Waals surface area contributed by atoms with Crippen molar-refractivity contribution in [3.05, 3.63) is 48.2 Å². The number of ether oxygens (including phenoxy) is 2. The molecule has 1 aromatic carbocycles. The van der Waals surface area contributed by atoms with Gasteiger partial charge in [0, 0.05) is 24.5 Å². The molecule has 2 N–H and O–H groups in total. The number of carbonyl (C=O) groups is 1. The summed E-state index contributed by atoms with van der Waals surface area (Å²) in [5.41, 5.74) is 1.25. The SMILES string of the molecule is O=C(C[NH+]1CCC[C@@H]1c1ccc2c(c1)OCCO2)N1CCN(c2cccc[nH+]2)CC1. The van der Waals surface area contributed by atoms with Crippen LogP contribution in [0.1, 0.15) is 24.4 Å². The molecule has 158 valence electrons. The van der Waals surface area contributed by atoms with Crippen molar-refractivity contribution in [2.24, 2.45) is 0 Å². The summed E-state index contributed by atoms with van der Waals surface area (Å²) in [6.07, 6.45) is 4.21. The summed E-state index contributed by atoms with van der Waals surface area (Å²) in [6, 6.07) is 12.7. The first-order chi connectivity index (χ1) is 14.8. The predicted molar refractivity (Wildman–Crippen MR) is 112 cm³/mol. The van der Waals surface area contributed by atoms with Gasteiger partial charge in [-0.3, -0.25) is 9.69 Å². The summed E-state index contributed by atoms with van der Waals surface area (Å²) >= 11 is 0. The number of carbonyl (C=O) groups excluding carboxylic acids is 1. The van der Waals surface area contributed by atoms with Crippen molar-refractivity contribution in [1.82, 2.24) is 4.90 Å². The van der Waals surface area contributed by atoms with Gasteiger partial charge in [0.25, 0.3) is 11.7 Å². The summed E-state index contributed by atoms with van der Waals surface area (Å²) in [5, 5.41) is 0. The number of hydrogen-bond acceptors (Lipinski definition) is 4. The Morgan fingerprint density at radius 3 is 2.70 bits per heavy atom. The zero-order valence-corrected chi connectivity index (χ0v) is 17.3. The van der Waals surface area contributed by atoms with E-state index in [9.17, 15) is 4.79 Å². The van der Waals surface area contributed by atoms with Crippen LogP contribution in [-0.4, -0.2) is 63.3 Å². The molecule has 2 saturated heterocycles. The minimum Gasteiger partial charge on any atom is -0.486 e. The molecule has 1 amide bonds. The lowest BCUT2D eigenvalue weighted by molar-refractivity contribution is -0.910. The Morgan fingerprint density at radius 2 is 1.90 bits per heavy atom. The first kappa shape index (κ1) is 19.2. The Hall–Kier alpha value is -2.80. The smallest absolute Gasteiger partial charge is 0.278 e. The number of pyridine rings is 1. The minimum absolute atomic E-state index is 0.270. The van der Waals surface area contributed by atoms with E-state index in [-0.39, 0.29) is 5.91 Å². The third-order valence-electron chi connectivity index (χ3n) is 6.50. The van der Waals surface area contributed by atoms with Gasteiger partial charge in [-0.05, 0) is 24.3 Å². The molecule has 0 aliphatic carbocycles. The van der Waals surface area contributed by atoms with E-state index in [1.165, 1.54) is 10.5 Å². The number of fused-ring (bicyclic) bond motifs is 1. The highest BCUT2D eigenvalue weighted by Gasteiger charge is 2.35. The predicted octanol–water partition coefficient (Wildman–Crippen LogP) is 0.341. The number of quaternary nitrogens is 1. The van der Waals surface area contributed by atoms with Crippen LogP contribution in [0.3, 0.4) is 0 Å². The number of rotatable bonds is 4.